The molecule has 0 fully saturated rings. The van der Waals surface area contributed by atoms with E-state index in [-0.39, 0.29) is 11.9 Å². The van der Waals surface area contributed by atoms with E-state index in [1.807, 2.05) is 68.4 Å². The first kappa shape index (κ1) is 23.5. The van der Waals surface area contributed by atoms with Crippen LogP contribution in [-0.2, 0) is 4.79 Å². The minimum absolute atomic E-state index is 0.0291. The number of methoxy groups -OCH3 is 1. The summed E-state index contributed by atoms with van der Waals surface area (Å²) in [4.78, 5) is 13.1. The summed E-state index contributed by atoms with van der Waals surface area (Å²) in [5, 5.41) is 11.5. The molecule has 0 saturated heterocycles. The van der Waals surface area contributed by atoms with Gasteiger partial charge in [-0.3, -0.25) is 9.36 Å². The number of benzene rings is 3. The fraction of sp³-hybridized carbons (Fsp3) is 0.192. The fourth-order valence-corrected chi connectivity index (χ4v) is 4.55. The Balaban J connectivity index is 1.82. The smallest absolute Gasteiger partial charge is 0.238 e. The number of ether oxygens (including phenoxy) is 1. The van der Waals surface area contributed by atoms with E-state index >= 15 is 0 Å². The van der Waals surface area contributed by atoms with Crippen LogP contribution in [-0.4, -0.2) is 33.8 Å². The molecule has 1 heterocycles. The van der Waals surface area contributed by atoms with Crippen LogP contribution in [0.4, 0.5) is 4.39 Å². The van der Waals surface area contributed by atoms with Gasteiger partial charge in [0.15, 0.2) is 11.0 Å². The van der Waals surface area contributed by atoms with Crippen molar-refractivity contribution < 1.29 is 13.9 Å². The van der Waals surface area contributed by atoms with E-state index in [1.54, 1.807) is 29.9 Å². The summed E-state index contributed by atoms with van der Waals surface area (Å²) in [5.74, 6) is 0.596. The minimum atomic E-state index is -0.595. The van der Waals surface area contributed by atoms with Crippen LogP contribution < -0.4 is 10.1 Å². The van der Waals surface area contributed by atoms with Crippen LogP contribution >= 0.6 is 11.8 Å². The molecule has 6 nitrogen and oxygen atoms in total. The quantitative estimate of drug-likeness (QED) is 0.343. The summed E-state index contributed by atoms with van der Waals surface area (Å²) in [5.41, 5.74) is 1.86. The highest BCUT2D eigenvalue weighted by molar-refractivity contribution is 8.00. The number of aromatic nitrogens is 3. The SMILES string of the molecule is COc1ccc(-c2nnc(SC(C(=O)NC(C)C)c3ccccc3)n2-c2ccccc2F)cc1. The van der Waals surface area contributed by atoms with E-state index in [0.717, 1.165) is 11.1 Å². The van der Waals surface area contributed by atoms with Crippen LogP contribution in [0.1, 0.15) is 24.7 Å². The lowest BCUT2D eigenvalue weighted by Gasteiger charge is -2.19. The zero-order chi connectivity index (χ0) is 24.1. The number of thioether (sulfide) groups is 1. The summed E-state index contributed by atoms with van der Waals surface area (Å²) in [7, 11) is 1.59. The molecule has 0 saturated carbocycles. The highest BCUT2D eigenvalue weighted by atomic mass is 32.2. The molecule has 4 rings (SSSR count). The predicted octanol–water partition coefficient (Wildman–Crippen LogP) is 5.44. The van der Waals surface area contributed by atoms with E-state index in [0.29, 0.717) is 22.4 Å². The zero-order valence-electron chi connectivity index (χ0n) is 19.1. The Bertz CT molecular complexity index is 1260. The van der Waals surface area contributed by atoms with Gasteiger partial charge >= 0.3 is 0 Å². The van der Waals surface area contributed by atoms with Gasteiger partial charge in [0.1, 0.15) is 16.8 Å². The summed E-state index contributed by atoms with van der Waals surface area (Å²) in [6.45, 7) is 3.82. The van der Waals surface area contributed by atoms with Crippen LogP contribution in [0.15, 0.2) is 84.0 Å². The number of rotatable bonds is 8. The first-order chi connectivity index (χ1) is 16.5. The maximum atomic E-state index is 15.0. The Morgan fingerprint density at radius 2 is 1.65 bits per heavy atom. The Hall–Kier alpha value is -3.65. The normalized spacial score (nSPS) is 11.9. The van der Waals surface area contributed by atoms with Gasteiger partial charge in [-0.25, -0.2) is 4.39 Å². The highest BCUT2D eigenvalue weighted by Crippen LogP contribution is 2.38. The van der Waals surface area contributed by atoms with Crippen molar-refractivity contribution in [3.05, 3.63) is 90.2 Å². The third-order valence-electron chi connectivity index (χ3n) is 5.07. The molecule has 0 spiro atoms. The average Bonchev–Trinajstić information content (AvgIpc) is 3.26. The number of carbonyl (C=O) groups excluding carboxylic acids is 1. The van der Waals surface area contributed by atoms with Crippen LogP contribution in [0, 0.1) is 5.82 Å². The lowest BCUT2D eigenvalue weighted by molar-refractivity contribution is -0.121. The van der Waals surface area contributed by atoms with Crippen molar-refractivity contribution in [1.82, 2.24) is 20.1 Å². The van der Waals surface area contributed by atoms with Crippen molar-refractivity contribution in [2.45, 2.75) is 30.3 Å². The molecule has 0 aliphatic carbocycles. The lowest BCUT2D eigenvalue weighted by atomic mass is 10.1. The number of amides is 1. The molecular weight excluding hydrogens is 451 g/mol. The number of carbonyl (C=O) groups is 1. The molecule has 34 heavy (non-hydrogen) atoms. The van der Waals surface area contributed by atoms with E-state index in [1.165, 1.54) is 17.8 Å². The molecule has 1 N–H and O–H groups in total. The number of hydrogen-bond donors (Lipinski definition) is 1. The molecule has 3 aromatic carbocycles. The van der Waals surface area contributed by atoms with Gasteiger partial charge in [0.05, 0.1) is 12.8 Å². The molecule has 0 aliphatic heterocycles. The Labute approximate surface area is 202 Å². The zero-order valence-corrected chi connectivity index (χ0v) is 19.9. The van der Waals surface area contributed by atoms with Crippen molar-refractivity contribution >= 4 is 17.7 Å². The molecule has 1 unspecified atom stereocenters. The third kappa shape index (κ3) is 5.12. The third-order valence-corrected chi connectivity index (χ3v) is 6.27. The van der Waals surface area contributed by atoms with Crippen molar-refractivity contribution in [1.29, 1.82) is 0 Å². The van der Waals surface area contributed by atoms with Crippen molar-refractivity contribution in [2.75, 3.05) is 7.11 Å². The van der Waals surface area contributed by atoms with E-state index in [4.69, 9.17) is 4.74 Å². The molecule has 1 amide bonds. The van der Waals surface area contributed by atoms with Crippen molar-refractivity contribution in [3.63, 3.8) is 0 Å². The van der Waals surface area contributed by atoms with Gasteiger partial charge in [0.2, 0.25) is 5.91 Å². The van der Waals surface area contributed by atoms with E-state index < -0.39 is 11.1 Å². The summed E-state index contributed by atoms with van der Waals surface area (Å²) in [6, 6.07) is 23.2. The van der Waals surface area contributed by atoms with Crippen LogP contribution in [0.3, 0.4) is 0 Å². The second-order valence-electron chi connectivity index (χ2n) is 7.89. The Kier molecular flexibility index (Phi) is 7.27. The van der Waals surface area contributed by atoms with Crippen molar-refractivity contribution in [3.8, 4) is 22.8 Å². The van der Waals surface area contributed by atoms with Crippen LogP contribution in [0.25, 0.3) is 17.1 Å². The van der Waals surface area contributed by atoms with Crippen LogP contribution in [0.5, 0.6) is 5.75 Å². The monoisotopic (exact) mass is 476 g/mol. The van der Waals surface area contributed by atoms with E-state index in [2.05, 4.69) is 15.5 Å². The van der Waals surface area contributed by atoms with Crippen molar-refractivity contribution in [2.24, 2.45) is 0 Å². The molecule has 0 radical (unpaired) electrons. The molecule has 0 bridgehead atoms. The second kappa shape index (κ2) is 10.5. The van der Waals surface area contributed by atoms with Gasteiger partial charge in [0.25, 0.3) is 0 Å². The molecule has 1 aromatic heterocycles. The van der Waals surface area contributed by atoms with Crippen LogP contribution in [0.2, 0.25) is 0 Å². The minimum Gasteiger partial charge on any atom is -0.497 e. The number of nitrogens with one attached hydrogen (secondary N) is 1. The molecule has 0 aliphatic rings. The molecule has 174 valence electrons. The van der Waals surface area contributed by atoms with Gasteiger partial charge in [-0.15, -0.1) is 10.2 Å². The number of halogens is 1. The maximum Gasteiger partial charge on any atom is 0.238 e. The van der Waals surface area contributed by atoms with Gasteiger partial charge in [-0.05, 0) is 55.8 Å². The number of hydrogen-bond acceptors (Lipinski definition) is 5. The lowest BCUT2D eigenvalue weighted by Crippen LogP contribution is -2.33. The maximum absolute atomic E-state index is 15.0. The predicted molar refractivity (Wildman–Crippen MR) is 132 cm³/mol. The van der Waals surface area contributed by atoms with Gasteiger partial charge in [-0.1, -0.05) is 54.2 Å². The molecule has 4 aromatic rings. The van der Waals surface area contributed by atoms with E-state index in [9.17, 15) is 9.18 Å². The summed E-state index contributed by atoms with van der Waals surface area (Å²) in [6.07, 6.45) is 0. The van der Waals surface area contributed by atoms with Gasteiger partial charge in [0, 0.05) is 11.6 Å². The summed E-state index contributed by atoms with van der Waals surface area (Å²) >= 11 is 1.23. The van der Waals surface area contributed by atoms with Gasteiger partial charge < -0.3 is 10.1 Å². The number of para-hydroxylation sites is 1. The largest absolute Gasteiger partial charge is 0.497 e. The second-order valence-corrected chi connectivity index (χ2v) is 8.97. The highest BCUT2D eigenvalue weighted by Gasteiger charge is 2.27. The topological polar surface area (TPSA) is 69.0 Å². The Morgan fingerprint density at radius 3 is 2.29 bits per heavy atom. The standard InChI is InChI=1S/C26H25FN4O2S/c1-17(2)28-25(32)23(18-9-5-4-6-10-18)34-26-30-29-24(19-13-15-20(33-3)16-14-19)31(26)22-12-8-7-11-21(22)27/h4-17,23H,1-3H3,(H,28,32). The summed E-state index contributed by atoms with van der Waals surface area (Å²) < 4.78 is 21.9. The molecule has 1 atom stereocenters. The first-order valence-electron chi connectivity index (χ1n) is 10.8. The first-order valence-corrected chi connectivity index (χ1v) is 11.7. The molecular formula is C26H25FN4O2S. The fourth-order valence-electron chi connectivity index (χ4n) is 3.49. The molecule has 8 heteroatoms. The number of nitrogens with zero attached hydrogens (tertiary/aromatic N) is 3. The Morgan fingerprint density at radius 1 is 0.971 bits per heavy atom. The van der Waals surface area contributed by atoms with Gasteiger partial charge in [-0.2, -0.15) is 0 Å². The average molecular weight is 477 g/mol.